The minimum atomic E-state index is -4.05. The molecule has 2 amide bonds. The Morgan fingerprint density at radius 3 is 2.43 bits per heavy atom. The van der Waals surface area contributed by atoms with Crippen LogP contribution in [0.25, 0.3) is 0 Å². The van der Waals surface area contributed by atoms with Gasteiger partial charge in [-0.2, -0.15) is 0 Å². The first kappa shape index (κ1) is 17.1. The van der Waals surface area contributed by atoms with Crippen LogP contribution in [0.15, 0.2) is 46.7 Å². The molecule has 1 heterocycles. The molecule has 6 nitrogen and oxygen atoms in total. The van der Waals surface area contributed by atoms with Crippen molar-refractivity contribution >= 4 is 33.2 Å². The van der Waals surface area contributed by atoms with Gasteiger partial charge in [0.15, 0.2) is 0 Å². The molecule has 1 aromatic heterocycles. The number of thiophene rings is 1. The minimum Gasteiger partial charge on any atom is -0.351 e. The van der Waals surface area contributed by atoms with Crippen LogP contribution in [0.4, 0.5) is 4.39 Å². The van der Waals surface area contributed by atoms with Crippen molar-refractivity contribution in [2.24, 2.45) is 0 Å². The highest BCUT2D eigenvalue weighted by molar-refractivity contribution is 7.90. The number of benzene rings is 1. The molecule has 0 aliphatic heterocycles. The molecule has 0 saturated carbocycles. The van der Waals surface area contributed by atoms with E-state index in [-0.39, 0.29) is 23.8 Å². The molecule has 0 aliphatic carbocycles. The molecule has 122 valence electrons. The van der Waals surface area contributed by atoms with E-state index in [4.69, 9.17) is 0 Å². The Bertz CT molecular complexity index is 787. The summed E-state index contributed by atoms with van der Waals surface area (Å²) in [5, 5.41) is 4.26. The summed E-state index contributed by atoms with van der Waals surface area (Å²) in [4.78, 5) is 23.6. The Balaban J connectivity index is 1.84. The zero-order chi connectivity index (χ0) is 16.9. The van der Waals surface area contributed by atoms with Crippen molar-refractivity contribution < 1.29 is 22.4 Å². The van der Waals surface area contributed by atoms with Crippen LogP contribution in [-0.2, 0) is 14.8 Å². The molecule has 0 radical (unpaired) electrons. The van der Waals surface area contributed by atoms with E-state index in [1.165, 1.54) is 11.3 Å². The summed E-state index contributed by atoms with van der Waals surface area (Å²) in [6.07, 6.45) is -0.197. The second kappa shape index (κ2) is 7.34. The van der Waals surface area contributed by atoms with Crippen LogP contribution in [0.2, 0.25) is 0 Å². The lowest BCUT2D eigenvalue weighted by Crippen LogP contribution is -2.34. The maximum atomic E-state index is 12.8. The highest BCUT2D eigenvalue weighted by Gasteiger charge is 2.17. The second-order valence-corrected chi connectivity index (χ2v) is 7.10. The Kier molecular flexibility index (Phi) is 5.45. The fourth-order valence-corrected chi connectivity index (χ4v) is 3.31. The molecule has 2 rings (SSSR count). The van der Waals surface area contributed by atoms with E-state index in [0.29, 0.717) is 4.88 Å². The quantitative estimate of drug-likeness (QED) is 0.821. The SMILES string of the molecule is O=C(CCNC(=O)c1cccs1)NS(=O)(=O)c1ccc(F)cc1. The molecule has 0 bridgehead atoms. The van der Waals surface area contributed by atoms with Crippen molar-refractivity contribution in [3.63, 3.8) is 0 Å². The van der Waals surface area contributed by atoms with Gasteiger partial charge in [-0.15, -0.1) is 11.3 Å². The fraction of sp³-hybridized carbons (Fsp3) is 0.143. The zero-order valence-electron chi connectivity index (χ0n) is 11.8. The zero-order valence-corrected chi connectivity index (χ0v) is 13.4. The van der Waals surface area contributed by atoms with Gasteiger partial charge in [0.1, 0.15) is 5.82 Å². The van der Waals surface area contributed by atoms with E-state index in [9.17, 15) is 22.4 Å². The molecule has 0 saturated heterocycles. The Labute approximate surface area is 136 Å². The van der Waals surface area contributed by atoms with Gasteiger partial charge in [-0.05, 0) is 35.7 Å². The van der Waals surface area contributed by atoms with Crippen molar-refractivity contribution in [3.05, 3.63) is 52.5 Å². The van der Waals surface area contributed by atoms with Gasteiger partial charge in [-0.1, -0.05) is 6.07 Å². The maximum absolute atomic E-state index is 12.8. The van der Waals surface area contributed by atoms with E-state index >= 15 is 0 Å². The van der Waals surface area contributed by atoms with E-state index < -0.39 is 21.7 Å². The van der Waals surface area contributed by atoms with Gasteiger partial charge >= 0.3 is 0 Å². The van der Waals surface area contributed by atoms with Crippen molar-refractivity contribution in [2.75, 3.05) is 6.54 Å². The molecular weight excluding hydrogens is 343 g/mol. The van der Waals surface area contributed by atoms with Gasteiger partial charge in [0.2, 0.25) is 5.91 Å². The number of sulfonamides is 1. The van der Waals surface area contributed by atoms with Gasteiger partial charge in [0.05, 0.1) is 9.77 Å². The summed E-state index contributed by atoms with van der Waals surface area (Å²) >= 11 is 1.26. The van der Waals surface area contributed by atoms with Gasteiger partial charge in [0, 0.05) is 13.0 Å². The number of rotatable bonds is 6. The number of hydrogen-bond acceptors (Lipinski definition) is 5. The van der Waals surface area contributed by atoms with Crippen molar-refractivity contribution in [1.82, 2.24) is 10.0 Å². The summed E-state index contributed by atoms with van der Waals surface area (Å²) in [6, 6.07) is 7.45. The van der Waals surface area contributed by atoms with Crippen molar-refractivity contribution in [3.8, 4) is 0 Å². The summed E-state index contributed by atoms with van der Waals surface area (Å²) < 4.78 is 38.4. The van der Waals surface area contributed by atoms with Crippen LogP contribution in [0.3, 0.4) is 0 Å². The monoisotopic (exact) mass is 356 g/mol. The lowest BCUT2D eigenvalue weighted by Gasteiger charge is -2.07. The van der Waals surface area contributed by atoms with Gasteiger partial charge in [0.25, 0.3) is 15.9 Å². The summed E-state index contributed by atoms with van der Waals surface area (Å²) in [7, 11) is -4.05. The number of amides is 2. The van der Waals surface area contributed by atoms with E-state index in [2.05, 4.69) is 5.32 Å². The lowest BCUT2D eigenvalue weighted by molar-refractivity contribution is -0.119. The predicted octanol–water partition coefficient (Wildman–Crippen LogP) is 1.51. The van der Waals surface area contributed by atoms with Crippen LogP contribution in [0.1, 0.15) is 16.1 Å². The molecule has 2 aromatic rings. The molecule has 9 heteroatoms. The third-order valence-electron chi connectivity index (χ3n) is 2.75. The lowest BCUT2D eigenvalue weighted by atomic mass is 10.4. The molecule has 2 N–H and O–H groups in total. The third kappa shape index (κ3) is 4.86. The standard InChI is InChI=1S/C14H13FN2O4S2/c15-10-3-5-11(6-4-10)23(20,21)17-13(18)7-8-16-14(19)12-2-1-9-22-12/h1-6,9H,7-8H2,(H,16,19)(H,17,18). The second-order valence-electron chi connectivity index (χ2n) is 4.47. The average molecular weight is 356 g/mol. The Morgan fingerprint density at radius 2 is 1.83 bits per heavy atom. The number of carbonyl (C=O) groups is 2. The highest BCUT2D eigenvalue weighted by Crippen LogP contribution is 2.10. The molecule has 0 fully saturated rings. The van der Waals surface area contributed by atoms with Gasteiger partial charge in [-0.25, -0.2) is 17.5 Å². The normalized spacial score (nSPS) is 11.0. The minimum absolute atomic E-state index is 0.00149. The highest BCUT2D eigenvalue weighted by atomic mass is 32.2. The predicted molar refractivity (Wildman–Crippen MR) is 83.0 cm³/mol. The first-order valence-corrected chi connectivity index (χ1v) is 8.88. The third-order valence-corrected chi connectivity index (χ3v) is 5.01. The maximum Gasteiger partial charge on any atom is 0.264 e. The number of halogens is 1. The summed E-state index contributed by atoms with van der Waals surface area (Å²) in [5.74, 6) is -1.67. The number of hydrogen-bond donors (Lipinski definition) is 2. The molecule has 23 heavy (non-hydrogen) atoms. The number of carbonyl (C=O) groups excluding carboxylic acids is 2. The first-order chi connectivity index (χ1) is 10.9. The molecule has 0 aliphatic rings. The first-order valence-electron chi connectivity index (χ1n) is 6.51. The molecule has 0 unspecified atom stereocenters. The van der Waals surface area contributed by atoms with Gasteiger partial charge < -0.3 is 5.32 Å². The van der Waals surface area contributed by atoms with Crippen LogP contribution < -0.4 is 10.0 Å². The van der Waals surface area contributed by atoms with Crippen LogP contribution in [0, 0.1) is 5.82 Å². The van der Waals surface area contributed by atoms with Crippen molar-refractivity contribution in [2.45, 2.75) is 11.3 Å². The summed E-state index contributed by atoms with van der Waals surface area (Å²) in [5.41, 5.74) is 0. The molecular formula is C14H13FN2O4S2. The molecule has 1 aromatic carbocycles. The average Bonchev–Trinajstić information content (AvgIpc) is 3.01. The summed E-state index contributed by atoms with van der Waals surface area (Å²) in [6.45, 7) is 0.00149. The fourth-order valence-electron chi connectivity index (χ4n) is 1.66. The van der Waals surface area contributed by atoms with E-state index in [1.54, 1.807) is 17.5 Å². The van der Waals surface area contributed by atoms with Crippen LogP contribution >= 0.6 is 11.3 Å². The topological polar surface area (TPSA) is 92.3 Å². The van der Waals surface area contributed by atoms with Gasteiger partial charge in [-0.3, -0.25) is 9.59 Å². The van der Waals surface area contributed by atoms with E-state index in [0.717, 1.165) is 24.3 Å². The van der Waals surface area contributed by atoms with Crippen LogP contribution in [-0.4, -0.2) is 26.8 Å². The molecule has 0 atom stereocenters. The Hall–Kier alpha value is -2.26. The number of nitrogens with one attached hydrogen (secondary N) is 2. The molecule has 0 spiro atoms. The van der Waals surface area contributed by atoms with Crippen molar-refractivity contribution in [1.29, 1.82) is 0 Å². The van der Waals surface area contributed by atoms with Crippen LogP contribution in [0.5, 0.6) is 0 Å². The Morgan fingerprint density at radius 1 is 1.13 bits per heavy atom. The smallest absolute Gasteiger partial charge is 0.264 e. The van der Waals surface area contributed by atoms with E-state index in [1.807, 2.05) is 4.72 Å². The largest absolute Gasteiger partial charge is 0.351 e.